The zero-order valence-electron chi connectivity index (χ0n) is 11.6. The predicted octanol–water partition coefficient (Wildman–Crippen LogP) is 3.55. The van der Waals surface area contributed by atoms with Crippen molar-refractivity contribution in [1.82, 2.24) is 9.78 Å². The Morgan fingerprint density at radius 3 is 2.42 bits per heavy atom. The molecule has 4 heteroatoms. The van der Waals surface area contributed by atoms with Crippen LogP contribution in [-0.2, 0) is 18.8 Å². The molecule has 0 fully saturated rings. The van der Waals surface area contributed by atoms with Crippen molar-refractivity contribution in [3.63, 3.8) is 0 Å². The molecule has 0 radical (unpaired) electrons. The molecule has 1 heterocycles. The smallest absolute Gasteiger partial charge is 0.125 e. The maximum atomic E-state index is 5.93. The Balaban J connectivity index is 1.99. The fourth-order valence-corrected chi connectivity index (χ4v) is 2.54. The van der Waals surface area contributed by atoms with Gasteiger partial charge >= 0.3 is 0 Å². The van der Waals surface area contributed by atoms with Gasteiger partial charge in [0.1, 0.15) is 5.75 Å². The lowest BCUT2D eigenvalue weighted by Crippen LogP contribution is -2.04. The molecule has 0 saturated heterocycles. The van der Waals surface area contributed by atoms with Gasteiger partial charge in [-0.2, -0.15) is 5.10 Å². The van der Waals surface area contributed by atoms with E-state index >= 15 is 0 Å². The second kappa shape index (κ2) is 6.24. The third-order valence-electron chi connectivity index (χ3n) is 3.07. The van der Waals surface area contributed by atoms with Crippen LogP contribution < -0.4 is 4.74 Å². The Bertz CT molecular complexity index is 540. The second-order valence-corrected chi connectivity index (χ2v) is 5.37. The van der Waals surface area contributed by atoms with E-state index in [9.17, 15) is 0 Å². The lowest BCUT2D eigenvalue weighted by Gasteiger charge is -2.13. The van der Waals surface area contributed by atoms with Gasteiger partial charge < -0.3 is 4.74 Å². The quantitative estimate of drug-likeness (QED) is 0.787. The predicted molar refractivity (Wildman–Crippen MR) is 81.0 cm³/mol. The van der Waals surface area contributed by atoms with Gasteiger partial charge in [0.15, 0.2) is 0 Å². The summed E-state index contributed by atoms with van der Waals surface area (Å²) in [5.74, 6) is 1.01. The van der Waals surface area contributed by atoms with Gasteiger partial charge in [-0.05, 0) is 36.1 Å². The van der Waals surface area contributed by atoms with Gasteiger partial charge in [-0.1, -0.05) is 28.1 Å². The monoisotopic (exact) mass is 322 g/mol. The summed E-state index contributed by atoms with van der Waals surface area (Å²) in [6.45, 7) is 4.87. The summed E-state index contributed by atoms with van der Waals surface area (Å²) in [6, 6.07) is 4.34. The van der Waals surface area contributed by atoms with Crippen molar-refractivity contribution < 1.29 is 4.74 Å². The zero-order chi connectivity index (χ0) is 13.8. The Morgan fingerprint density at radius 2 is 1.89 bits per heavy atom. The highest BCUT2D eigenvalue weighted by molar-refractivity contribution is 9.08. The van der Waals surface area contributed by atoms with Gasteiger partial charge in [0.05, 0.1) is 12.8 Å². The first-order valence-electron chi connectivity index (χ1n) is 6.36. The van der Waals surface area contributed by atoms with Gasteiger partial charge in [0, 0.05) is 25.0 Å². The molecule has 19 heavy (non-hydrogen) atoms. The standard InChI is InChI=1S/C15H19BrN2O/c1-11-6-14(8-16)7-12(2)15(11)19-5-4-13-9-17-18(3)10-13/h6-7,9-10H,4-5,8H2,1-3H3. The molecule has 0 aliphatic heterocycles. The molecule has 0 unspecified atom stereocenters. The second-order valence-electron chi connectivity index (χ2n) is 4.81. The van der Waals surface area contributed by atoms with Crippen molar-refractivity contribution >= 4 is 15.9 Å². The minimum atomic E-state index is 0.682. The number of hydrogen-bond donors (Lipinski definition) is 0. The van der Waals surface area contributed by atoms with E-state index in [1.54, 1.807) is 0 Å². The lowest BCUT2D eigenvalue weighted by molar-refractivity contribution is 0.317. The van der Waals surface area contributed by atoms with Crippen LogP contribution in [0.3, 0.4) is 0 Å². The van der Waals surface area contributed by atoms with E-state index < -0.39 is 0 Å². The molecule has 2 rings (SSSR count). The van der Waals surface area contributed by atoms with Crippen LogP contribution >= 0.6 is 15.9 Å². The normalized spacial score (nSPS) is 10.7. The average molecular weight is 323 g/mol. The van der Waals surface area contributed by atoms with E-state index in [1.165, 1.54) is 22.3 Å². The molecule has 2 aromatic rings. The zero-order valence-corrected chi connectivity index (χ0v) is 13.2. The highest BCUT2D eigenvalue weighted by Crippen LogP contribution is 2.25. The molecule has 0 amide bonds. The van der Waals surface area contributed by atoms with Crippen molar-refractivity contribution in [3.05, 3.63) is 46.8 Å². The maximum Gasteiger partial charge on any atom is 0.125 e. The number of nitrogens with zero attached hydrogens (tertiary/aromatic N) is 2. The first-order valence-corrected chi connectivity index (χ1v) is 7.48. The molecule has 0 atom stereocenters. The maximum absolute atomic E-state index is 5.93. The van der Waals surface area contributed by atoms with Gasteiger partial charge in [-0.3, -0.25) is 4.68 Å². The van der Waals surface area contributed by atoms with Crippen LogP contribution in [0.2, 0.25) is 0 Å². The van der Waals surface area contributed by atoms with Crippen LogP contribution in [0.4, 0.5) is 0 Å². The molecule has 0 aliphatic rings. The van der Waals surface area contributed by atoms with Crippen molar-refractivity contribution in [2.75, 3.05) is 6.61 Å². The van der Waals surface area contributed by atoms with Crippen molar-refractivity contribution in [3.8, 4) is 5.75 Å². The Morgan fingerprint density at radius 1 is 1.21 bits per heavy atom. The molecule has 102 valence electrons. The van der Waals surface area contributed by atoms with E-state index in [1.807, 2.05) is 24.1 Å². The van der Waals surface area contributed by atoms with E-state index in [4.69, 9.17) is 4.74 Å². The summed E-state index contributed by atoms with van der Waals surface area (Å²) in [6.07, 6.45) is 4.79. The van der Waals surface area contributed by atoms with Gasteiger partial charge in [0.25, 0.3) is 0 Å². The molecular weight excluding hydrogens is 304 g/mol. The SMILES string of the molecule is Cc1cc(CBr)cc(C)c1OCCc1cnn(C)c1. The van der Waals surface area contributed by atoms with Crippen molar-refractivity contribution in [2.45, 2.75) is 25.6 Å². The summed E-state index contributed by atoms with van der Waals surface area (Å²) in [5, 5.41) is 5.04. The molecular formula is C15H19BrN2O. The van der Waals surface area contributed by atoms with Crippen LogP contribution in [-0.4, -0.2) is 16.4 Å². The summed E-state index contributed by atoms with van der Waals surface area (Å²) in [4.78, 5) is 0. The summed E-state index contributed by atoms with van der Waals surface area (Å²) < 4.78 is 7.74. The number of aromatic nitrogens is 2. The van der Waals surface area contributed by atoms with Gasteiger partial charge in [0.2, 0.25) is 0 Å². The van der Waals surface area contributed by atoms with E-state index in [2.05, 4.69) is 47.0 Å². The molecule has 3 nitrogen and oxygen atoms in total. The highest BCUT2D eigenvalue weighted by atomic mass is 79.9. The number of benzene rings is 1. The van der Waals surface area contributed by atoms with E-state index in [-0.39, 0.29) is 0 Å². The first kappa shape index (κ1) is 14.1. The third kappa shape index (κ3) is 3.60. The number of alkyl halides is 1. The topological polar surface area (TPSA) is 27.1 Å². The van der Waals surface area contributed by atoms with Gasteiger partial charge in [-0.15, -0.1) is 0 Å². The van der Waals surface area contributed by atoms with E-state index in [0.717, 1.165) is 17.5 Å². The molecule has 1 aromatic carbocycles. The van der Waals surface area contributed by atoms with E-state index in [0.29, 0.717) is 6.61 Å². The van der Waals surface area contributed by atoms with Gasteiger partial charge in [-0.25, -0.2) is 0 Å². The summed E-state index contributed by atoms with van der Waals surface area (Å²) in [7, 11) is 1.93. The average Bonchev–Trinajstić information content (AvgIpc) is 2.78. The molecule has 1 aromatic heterocycles. The number of ether oxygens (including phenoxy) is 1. The lowest BCUT2D eigenvalue weighted by atomic mass is 10.1. The Labute approximate surface area is 122 Å². The Hall–Kier alpha value is -1.29. The first-order chi connectivity index (χ1) is 9.10. The van der Waals surface area contributed by atoms with Crippen molar-refractivity contribution in [2.24, 2.45) is 7.05 Å². The minimum Gasteiger partial charge on any atom is -0.493 e. The molecule has 0 aliphatic carbocycles. The molecule has 0 bridgehead atoms. The molecule has 0 N–H and O–H groups in total. The van der Waals surface area contributed by atoms with Crippen molar-refractivity contribution in [1.29, 1.82) is 0 Å². The fourth-order valence-electron chi connectivity index (χ4n) is 2.22. The number of hydrogen-bond acceptors (Lipinski definition) is 2. The van der Waals surface area contributed by atoms with Crippen LogP contribution in [0.1, 0.15) is 22.3 Å². The summed E-state index contributed by atoms with van der Waals surface area (Å²) in [5.41, 5.74) is 4.88. The van der Waals surface area contributed by atoms with Crippen LogP contribution in [0.25, 0.3) is 0 Å². The van der Waals surface area contributed by atoms with Crippen LogP contribution in [0.15, 0.2) is 24.5 Å². The molecule has 0 spiro atoms. The Kier molecular flexibility index (Phi) is 4.64. The number of halogens is 1. The van der Waals surface area contributed by atoms with Crippen LogP contribution in [0.5, 0.6) is 5.75 Å². The fraction of sp³-hybridized carbons (Fsp3) is 0.400. The number of aryl methyl sites for hydroxylation is 3. The molecule has 0 saturated carbocycles. The summed E-state index contributed by atoms with van der Waals surface area (Å²) >= 11 is 3.49. The third-order valence-corrected chi connectivity index (χ3v) is 3.72. The minimum absolute atomic E-state index is 0.682. The largest absolute Gasteiger partial charge is 0.493 e. The number of rotatable bonds is 5. The van der Waals surface area contributed by atoms with Crippen LogP contribution in [0, 0.1) is 13.8 Å². The highest BCUT2D eigenvalue weighted by Gasteiger charge is 2.06.